The van der Waals surface area contributed by atoms with Crippen molar-refractivity contribution in [2.45, 2.75) is 0 Å². The van der Waals surface area contributed by atoms with Gasteiger partial charge in [0.25, 0.3) is 5.91 Å². The number of Topliss-reactive ketones (excluding diaryl/α,β-unsaturated/α-hetero) is 1. The van der Waals surface area contributed by atoms with E-state index in [0.29, 0.717) is 27.9 Å². The number of rotatable bonds is 7. The summed E-state index contributed by atoms with van der Waals surface area (Å²) in [4.78, 5) is 40.6. The summed E-state index contributed by atoms with van der Waals surface area (Å²) in [5.74, 6) is -1.03. The number of ether oxygens (including phenoxy) is 1. The summed E-state index contributed by atoms with van der Waals surface area (Å²) in [6.45, 7) is -0.410. The van der Waals surface area contributed by atoms with E-state index >= 15 is 0 Å². The van der Waals surface area contributed by atoms with Crippen LogP contribution in [0.2, 0.25) is 0 Å². The highest BCUT2D eigenvalue weighted by Gasteiger charge is 2.10. The molecule has 0 saturated heterocycles. The van der Waals surface area contributed by atoms with Gasteiger partial charge in [0.2, 0.25) is 5.89 Å². The fraction of sp³-hybridized carbons (Fsp3) is 0.0400. The molecule has 0 saturated carbocycles. The molecule has 0 aliphatic carbocycles. The van der Waals surface area contributed by atoms with E-state index in [-0.39, 0.29) is 17.6 Å². The van der Waals surface area contributed by atoms with Crippen LogP contribution >= 0.6 is 0 Å². The average Bonchev–Trinajstić information content (AvgIpc) is 3.25. The van der Waals surface area contributed by atoms with Gasteiger partial charge in [0.05, 0.1) is 0 Å². The molecule has 0 unspecified atom stereocenters. The van der Waals surface area contributed by atoms with Crippen molar-refractivity contribution in [1.82, 2.24) is 4.98 Å². The number of anilines is 1. The molecule has 0 radical (unpaired) electrons. The van der Waals surface area contributed by atoms with E-state index in [2.05, 4.69) is 10.3 Å². The second kappa shape index (κ2) is 9.53. The van der Waals surface area contributed by atoms with Gasteiger partial charge in [-0.3, -0.25) is 9.59 Å². The summed E-state index contributed by atoms with van der Waals surface area (Å²) in [6.07, 6.45) is 2.54. The van der Waals surface area contributed by atoms with Gasteiger partial charge < -0.3 is 14.5 Å². The topological polar surface area (TPSA) is 98.5 Å². The molecule has 0 fully saturated rings. The van der Waals surface area contributed by atoms with Crippen LogP contribution < -0.4 is 5.32 Å². The molecule has 7 heteroatoms. The number of oxazole rings is 1. The predicted molar refractivity (Wildman–Crippen MR) is 119 cm³/mol. The van der Waals surface area contributed by atoms with Gasteiger partial charge in [0, 0.05) is 29.0 Å². The molecule has 0 atom stereocenters. The molecule has 1 aromatic heterocycles. The summed E-state index contributed by atoms with van der Waals surface area (Å²) in [6, 6.07) is 22.4. The number of amides is 1. The minimum atomic E-state index is -0.688. The molecule has 1 heterocycles. The quantitative estimate of drug-likeness (QED) is 0.265. The first kappa shape index (κ1) is 20.7. The molecule has 0 bridgehead atoms. The standard InChI is InChI=1S/C25H18N2O5/c28-21(16-31-24(29)15-14-23-27-20-8-4-5-9-22(20)32-23)17-10-12-19(13-11-17)26-25(30)18-6-2-1-3-7-18/h1-15H,16H2,(H,26,30)/b15-14+. The normalized spacial score (nSPS) is 10.9. The van der Waals surface area contributed by atoms with Gasteiger partial charge in [0.1, 0.15) is 5.52 Å². The van der Waals surface area contributed by atoms with E-state index in [0.717, 1.165) is 6.08 Å². The maximum Gasteiger partial charge on any atom is 0.331 e. The van der Waals surface area contributed by atoms with Gasteiger partial charge in [-0.25, -0.2) is 9.78 Å². The third-order valence-corrected chi connectivity index (χ3v) is 4.52. The van der Waals surface area contributed by atoms with Gasteiger partial charge >= 0.3 is 5.97 Å². The maximum absolute atomic E-state index is 12.3. The zero-order chi connectivity index (χ0) is 22.3. The first-order valence-electron chi connectivity index (χ1n) is 9.78. The molecule has 3 aromatic carbocycles. The lowest BCUT2D eigenvalue weighted by Crippen LogP contribution is -2.13. The van der Waals surface area contributed by atoms with E-state index in [9.17, 15) is 14.4 Å². The van der Waals surface area contributed by atoms with Gasteiger partial charge in [-0.05, 0) is 48.5 Å². The Morgan fingerprint density at radius 3 is 2.34 bits per heavy atom. The van der Waals surface area contributed by atoms with E-state index in [1.165, 1.54) is 6.08 Å². The van der Waals surface area contributed by atoms with Crippen LogP contribution in [0.5, 0.6) is 0 Å². The number of para-hydroxylation sites is 2. The van der Waals surface area contributed by atoms with Gasteiger partial charge in [-0.15, -0.1) is 0 Å². The third kappa shape index (κ3) is 5.14. The second-order valence-electron chi connectivity index (χ2n) is 6.78. The lowest BCUT2D eigenvalue weighted by molar-refractivity contribution is -0.136. The van der Waals surface area contributed by atoms with Crippen molar-refractivity contribution < 1.29 is 23.5 Å². The Kier molecular flexibility index (Phi) is 6.17. The first-order chi connectivity index (χ1) is 15.6. The van der Waals surface area contributed by atoms with Crippen molar-refractivity contribution in [2.24, 2.45) is 0 Å². The number of carbonyl (C=O) groups excluding carboxylic acids is 3. The van der Waals surface area contributed by atoms with Crippen molar-refractivity contribution in [1.29, 1.82) is 0 Å². The highest BCUT2D eigenvalue weighted by molar-refractivity contribution is 6.04. The van der Waals surface area contributed by atoms with Crippen LogP contribution in [0, 0.1) is 0 Å². The number of ketones is 1. The number of aromatic nitrogens is 1. The minimum Gasteiger partial charge on any atom is -0.454 e. The molecular weight excluding hydrogens is 408 g/mol. The van der Waals surface area contributed by atoms with Gasteiger partial charge in [-0.1, -0.05) is 30.3 Å². The van der Waals surface area contributed by atoms with E-state index in [1.54, 1.807) is 60.7 Å². The average molecular weight is 426 g/mol. The van der Waals surface area contributed by atoms with Crippen molar-refractivity contribution in [3.63, 3.8) is 0 Å². The van der Waals surface area contributed by atoms with Crippen LogP contribution in [0.25, 0.3) is 17.2 Å². The summed E-state index contributed by atoms with van der Waals surface area (Å²) in [5.41, 5.74) is 2.73. The lowest BCUT2D eigenvalue weighted by Gasteiger charge is -2.06. The predicted octanol–water partition coefficient (Wildman–Crippen LogP) is 4.52. The number of hydrogen-bond donors (Lipinski definition) is 1. The van der Waals surface area contributed by atoms with Crippen molar-refractivity contribution in [2.75, 3.05) is 11.9 Å². The number of carbonyl (C=O) groups is 3. The molecule has 4 aromatic rings. The van der Waals surface area contributed by atoms with E-state index in [4.69, 9.17) is 9.15 Å². The van der Waals surface area contributed by atoms with Crippen molar-refractivity contribution in [3.8, 4) is 0 Å². The number of benzene rings is 3. The summed E-state index contributed by atoms with van der Waals surface area (Å²) >= 11 is 0. The van der Waals surface area contributed by atoms with Crippen molar-refractivity contribution >= 4 is 40.5 Å². The molecule has 0 aliphatic heterocycles. The Labute approximate surface area is 183 Å². The highest BCUT2D eigenvalue weighted by atomic mass is 16.5. The third-order valence-electron chi connectivity index (χ3n) is 4.52. The minimum absolute atomic E-state index is 0.246. The molecule has 4 rings (SSSR count). The Hall–Kier alpha value is -4.52. The number of esters is 1. The molecule has 1 amide bonds. The van der Waals surface area contributed by atoms with E-state index < -0.39 is 12.6 Å². The number of hydrogen-bond acceptors (Lipinski definition) is 6. The van der Waals surface area contributed by atoms with Gasteiger partial charge in [0.15, 0.2) is 18.0 Å². The molecule has 32 heavy (non-hydrogen) atoms. The number of nitrogens with zero attached hydrogens (tertiary/aromatic N) is 1. The van der Waals surface area contributed by atoms with Crippen LogP contribution in [-0.4, -0.2) is 29.3 Å². The van der Waals surface area contributed by atoms with Crippen LogP contribution in [0.4, 0.5) is 5.69 Å². The monoisotopic (exact) mass is 426 g/mol. The molecule has 0 spiro atoms. The largest absolute Gasteiger partial charge is 0.454 e. The molecular formula is C25H18N2O5. The summed E-state index contributed by atoms with van der Waals surface area (Å²) in [5, 5.41) is 2.76. The highest BCUT2D eigenvalue weighted by Crippen LogP contribution is 2.16. The maximum atomic E-state index is 12.3. The number of nitrogens with one attached hydrogen (secondary N) is 1. The lowest BCUT2D eigenvalue weighted by atomic mass is 10.1. The summed E-state index contributed by atoms with van der Waals surface area (Å²) in [7, 11) is 0. The van der Waals surface area contributed by atoms with E-state index in [1.807, 2.05) is 18.2 Å². The van der Waals surface area contributed by atoms with Crippen LogP contribution in [0.1, 0.15) is 26.6 Å². The summed E-state index contributed by atoms with van der Waals surface area (Å²) < 4.78 is 10.5. The van der Waals surface area contributed by atoms with Crippen LogP contribution in [0.15, 0.2) is 89.4 Å². The molecule has 1 N–H and O–H groups in total. The zero-order valence-corrected chi connectivity index (χ0v) is 16.9. The molecule has 0 aliphatic rings. The van der Waals surface area contributed by atoms with Gasteiger partial charge in [-0.2, -0.15) is 0 Å². The number of fused-ring (bicyclic) bond motifs is 1. The van der Waals surface area contributed by atoms with Crippen molar-refractivity contribution in [3.05, 3.63) is 102 Å². The smallest absolute Gasteiger partial charge is 0.331 e. The second-order valence-corrected chi connectivity index (χ2v) is 6.78. The SMILES string of the molecule is O=C(/C=C/c1nc2ccccc2o1)OCC(=O)c1ccc(NC(=O)c2ccccc2)cc1. The Morgan fingerprint density at radius 1 is 0.875 bits per heavy atom. The molecule has 7 nitrogen and oxygen atoms in total. The first-order valence-corrected chi connectivity index (χ1v) is 9.78. The Bertz CT molecular complexity index is 1260. The zero-order valence-electron chi connectivity index (χ0n) is 16.9. The Morgan fingerprint density at radius 2 is 1.59 bits per heavy atom. The van der Waals surface area contributed by atoms with Crippen LogP contribution in [-0.2, 0) is 9.53 Å². The fourth-order valence-corrected chi connectivity index (χ4v) is 2.90. The Balaban J connectivity index is 1.28. The van der Waals surface area contributed by atoms with Crippen LogP contribution in [0.3, 0.4) is 0 Å². The fourth-order valence-electron chi connectivity index (χ4n) is 2.90. The molecule has 158 valence electrons.